The highest BCUT2D eigenvalue weighted by atomic mass is 28.3. The van der Waals surface area contributed by atoms with E-state index in [2.05, 4.69) is 34.9 Å². The number of H-pyrrole nitrogens is 1. The summed E-state index contributed by atoms with van der Waals surface area (Å²) in [4.78, 5) is 21.2. The van der Waals surface area contributed by atoms with Crippen molar-refractivity contribution in [1.29, 1.82) is 0 Å². The van der Waals surface area contributed by atoms with E-state index < -0.39 is 13.9 Å². The van der Waals surface area contributed by atoms with Crippen molar-refractivity contribution >= 4 is 25.0 Å². The maximum absolute atomic E-state index is 15.5. The monoisotopic (exact) mass is 544 g/mol. The number of fused-ring (bicyclic) bond motifs is 1. The standard InChI is InChI=1S/C30H33FN4O3Si/c1-20-7-8-24(26(31)16-20)28-25(30(36)34-18-21-6-5-13-38-21)17-27(35(28)19-37-14-15-39(2,3)4)22-9-11-32-29-23(22)10-12-33-29/h5-13,16-17H,14-15,18-19H2,1-4H3,(H,32,33)(H,34,36). The van der Waals surface area contributed by atoms with Crippen molar-refractivity contribution in [3.63, 3.8) is 0 Å². The fourth-order valence-corrected chi connectivity index (χ4v) is 5.33. The van der Waals surface area contributed by atoms with Gasteiger partial charge in [0.1, 0.15) is 24.0 Å². The topological polar surface area (TPSA) is 85.1 Å². The van der Waals surface area contributed by atoms with Crippen LogP contribution in [0.25, 0.3) is 33.5 Å². The minimum absolute atomic E-state index is 0.169. The molecule has 39 heavy (non-hydrogen) atoms. The van der Waals surface area contributed by atoms with E-state index >= 15 is 4.39 Å². The molecule has 4 aromatic heterocycles. The number of nitrogens with zero attached hydrogens (tertiary/aromatic N) is 2. The number of hydrogen-bond donors (Lipinski definition) is 2. The molecule has 5 aromatic rings. The van der Waals surface area contributed by atoms with Gasteiger partial charge < -0.3 is 24.0 Å². The normalized spacial score (nSPS) is 11.8. The number of aromatic amines is 1. The molecule has 0 atom stereocenters. The van der Waals surface area contributed by atoms with Gasteiger partial charge >= 0.3 is 0 Å². The van der Waals surface area contributed by atoms with Crippen LogP contribution < -0.4 is 5.32 Å². The third-order valence-electron chi connectivity index (χ3n) is 6.68. The van der Waals surface area contributed by atoms with Gasteiger partial charge in [-0.2, -0.15) is 0 Å². The number of rotatable bonds is 10. The van der Waals surface area contributed by atoms with Crippen LogP contribution in [0.4, 0.5) is 4.39 Å². The summed E-state index contributed by atoms with van der Waals surface area (Å²) in [6, 6.07) is 15.3. The average Bonchev–Trinajstić information content (AvgIpc) is 3.65. The van der Waals surface area contributed by atoms with Crippen molar-refractivity contribution in [3.05, 3.63) is 89.9 Å². The lowest BCUT2D eigenvalue weighted by atomic mass is 10.0. The van der Waals surface area contributed by atoms with Gasteiger partial charge in [0.15, 0.2) is 0 Å². The molecule has 0 saturated carbocycles. The van der Waals surface area contributed by atoms with Gasteiger partial charge in [-0.3, -0.25) is 4.79 Å². The van der Waals surface area contributed by atoms with Crippen LogP contribution in [0.15, 0.2) is 71.6 Å². The summed E-state index contributed by atoms with van der Waals surface area (Å²) in [5, 5.41) is 3.83. The highest BCUT2D eigenvalue weighted by molar-refractivity contribution is 6.76. The van der Waals surface area contributed by atoms with Gasteiger partial charge in [-0.25, -0.2) is 9.37 Å². The molecule has 7 nitrogen and oxygen atoms in total. The number of hydrogen-bond acceptors (Lipinski definition) is 4. The van der Waals surface area contributed by atoms with E-state index in [0.717, 1.165) is 33.9 Å². The molecule has 2 N–H and O–H groups in total. The molecule has 1 aromatic carbocycles. The molecule has 1 amide bonds. The highest BCUT2D eigenvalue weighted by Crippen LogP contribution is 2.37. The Morgan fingerprint density at radius 3 is 2.74 bits per heavy atom. The molecule has 0 aliphatic heterocycles. The number of furan rings is 1. The number of ether oxygens (including phenoxy) is 1. The SMILES string of the molecule is Cc1ccc(-c2c(C(=O)NCc3ccco3)cc(-c3ccnc4[nH]ccc34)n2COCC[Si](C)(C)C)c(F)c1. The Morgan fingerprint density at radius 2 is 2.00 bits per heavy atom. The molecule has 0 spiro atoms. The van der Waals surface area contributed by atoms with E-state index in [1.807, 2.05) is 42.0 Å². The molecule has 0 aliphatic rings. The Hall–Kier alpha value is -3.95. The fourth-order valence-electron chi connectivity index (χ4n) is 4.58. The lowest BCUT2D eigenvalue weighted by molar-refractivity contribution is 0.0890. The molecule has 0 radical (unpaired) electrons. The van der Waals surface area contributed by atoms with Gasteiger partial charge in [-0.15, -0.1) is 0 Å². The Balaban J connectivity index is 1.65. The molecule has 0 bridgehead atoms. The first-order valence-electron chi connectivity index (χ1n) is 13.0. The third-order valence-corrected chi connectivity index (χ3v) is 8.38. The molecule has 5 rings (SSSR count). The summed E-state index contributed by atoms with van der Waals surface area (Å²) < 4.78 is 29.0. The Kier molecular flexibility index (Phi) is 7.54. The minimum atomic E-state index is -1.32. The number of benzene rings is 1. The van der Waals surface area contributed by atoms with Crippen LogP contribution in [0, 0.1) is 12.7 Å². The van der Waals surface area contributed by atoms with Crippen molar-refractivity contribution in [2.24, 2.45) is 0 Å². The summed E-state index contributed by atoms with van der Waals surface area (Å²) in [6.07, 6.45) is 5.11. The zero-order valence-corrected chi connectivity index (χ0v) is 23.7. The second kappa shape index (κ2) is 11.0. The van der Waals surface area contributed by atoms with Crippen molar-refractivity contribution in [3.8, 4) is 22.5 Å². The van der Waals surface area contributed by atoms with E-state index in [1.165, 1.54) is 6.07 Å². The summed E-state index contributed by atoms with van der Waals surface area (Å²) in [6.45, 7) is 9.70. The average molecular weight is 545 g/mol. The highest BCUT2D eigenvalue weighted by Gasteiger charge is 2.26. The van der Waals surface area contributed by atoms with Crippen LogP contribution in [0.1, 0.15) is 21.7 Å². The Bertz CT molecular complexity index is 1600. The fraction of sp³-hybridized carbons (Fsp3) is 0.267. The number of carbonyl (C=O) groups is 1. The molecular weight excluding hydrogens is 511 g/mol. The van der Waals surface area contributed by atoms with Gasteiger partial charge in [-0.1, -0.05) is 25.7 Å². The number of halogens is 1. The molecule has 202 valence electrons. The summed E-state index contributed by atoms with van der Waals surface area (Å²) in [5.41, 5.74) is 4.30. The predicted molar refractivity (Wildman–Crippen MR) is 154 cm³/mol. The van der Waals surface area contributed by atoms with Gasteiger partial charge in [0.05, 0.1) is 29.8 Å². The van der Waals surface area contributed by atoms with Gasteiger partial charge in [0.2, 0.25) is 0 Å². The first-order chi connectivity index (χ1) is 18.7. The molecule has 0 fully saturated rings. The Labute approximate surface area is 228 Å². The number of aryl methyl sites for hydroxylation is 1. The van der Waals surface area contributed by atoms with Crippen molar-refractivity contribution in [1.82, 2.24) is 19.9 Å². The summed E-state index contributed by atoms with van der Waals surface area (Å²) in [7, 11) is -1.32. The van der Waals surface area contributed by atoms with Crippen molar-refractivity contribution < 1.29 is 18.3 Å². The first kappa shape index (κ1) is 26.6. The molecule has 4 heterocycles. The van der Waals surface area contributed by atoms with E-state index in [-0.39, 0.29) is 19.2 Å². The second-order valence-corrected chi connectivity index (χ2v) is 16.5. The minimum Gasteiger partial charge on any atom is -0.467 e. The van der Waals surface area contributed by atoms with Crippen LogP contribution in [0.3, 0.4) is 0 Å². The lowest BCUT2D eigenvalue weighted by Crippen LogP contribution is -2.23. The predicted octanol–water partition coefficient (Wildman–Crippen LogP) is 6.98. The zero-order valence-electron chi connectivity index (χ0n) is 22.7. The van der Waals surface area contributed by atoms with Crippen LogP contribution in [0.5, 0.6) is 0 Å². The maximum atomic E-state index is 15.5. The summed E-state index contributed by atoms with van der Waals surface area (Å²) in [5.74, 6) is -0.101. The van der Waals surface area contributed by atoms with E-state index in [1.54, 1.807) is 30.7 Å². The second-order valence-electron chi connectivity index (χ2n) is 10.9. The van der Waals surface area contributed by atoms with Gasteiger partial charge in [-0.05, 0) is 61.0 Å². The first-order valence-corrected chi connectivity index (χ1v) is 16.7. The largest absolute Gasteiger partial charge is 0.467 e. The molecule has 0 aliphatic carbocycles. The number of aromatic nitrogens is 3. The maximum Gasteiger partial charge on any atom is 0.253 e. The van der Waals surface area contributed by atoms with Crippen LogP contribution >= 0.6 is 0 Å². The third kappa shape index (κ3) is 5.89. The van der Waals surface area contributed by atoms with E-state index in [9.17, 15) is 4.79 Å². The van der Waals surface area contributed by atoms with Crippen LogP contribution in [-0.4, -0.2) is 35.1 Å². The molecule has 0 unspecified atom stereocenters. The van der Waals surface area contributed by atoms with E-state index in [4.69, 9.17) is 9.15 Å². The number of carbonyl (C=O) groups excluding carboxylic acids is 1. The van der Waals surface area contributed by atoms with Crippen molar-refractivity contribution in [2.75, 3.05) is 6.61 Å². The lowest BCUT2D eigenvalue weighted by Gasteiger charge is -2.19. The molecule has 9 heteroatoms. The van der Waals surface area contributed by atoms with E-state index in [0.29, 0.717) is 29.2 Å². The Morgan fingerprint density at radius 1 is 1.15 bits per heavy atom. The van der Waals surface area contributed by atoms with Crippen molar-refractivity contribution in [2.45, 2.75) is 45.9 Å². The number of pyridine rings is 1. The van der Waals surface area contributed by atoms with Gasteiger partial charge in [0, 0.05) is 43.6 Å². The quantitative estimate of drug-likeness (QED) is 0.147. The van der Waals surface area contributed by atoms with Gasteiger partial charge in [0.25, 0.3) is 5.91 Å². The smallest absolute Gasteiger partial charge is 0.253 e. The molecule has 0 saturated heterocycles. The number of nitrogens with one attached hydrogen (secondary N) is 2. The number of amides is 1. The van der Waals surface area contributed by atoms with Crippen LogP contribution in [0.2, 0.25) is 25.7 Å². The zero-order chi connectivity index (χ0) is 27.6. The molecular formula is C30H33FN4O3Si. The summed E-state index contributed by atoms with van der Waals surface area (Å²) >= 11 is 0. The van der Waals surface area contributed by atoms with Crippen LogP contribution in [-0.2, 0) is 18.0 Å².